The van der Waals surface area contributed by atoms with Crippen LogP contribution in [0.1, 0.15) is 46.0 Å². The van der Waals surface area contributed by atoms with Crippen LogP contribution in [-0.2, 0) is 24.9 Å². The molecule has 2 heterocycles. The molecule has 0 unspecified atom stereocenters. The number of carbonyl (C=O) groups excluding carboxylic acids is 2. The number of halogens is 5. The summed E-state index contributed by atoms with van der Waals surface area (Å²) in [6.45, 7) is 1.82. The van der Waals surface area contributed by atoms with Gasteiger partial charge in [0.1, 0.15) is 16.2 Å². The van der Waals surface area contributed by atoms with Gasteiger partial charge in [-0.15, -0.1) is 0 Å². The molecule has 0 N–H and O–H groups in total. The number of hydrogen-bond donors (Lipinski definition) is 0. The van der Waals surface area contributed by atoms with Gasteiger partial charge in [0, 0.05) is 18.5 Å². The van der Waals surface area contributed by atoms with Gasteiger partial charge in [-0.05, 0) is 17.5 Å². The van der Waals surface area contributed by atoms with Crippen molar-refractivity contribution in [3.05, 3.63) is 51.3 Å². The zero-order valence-electron chi connectivity index (χ0n) is 17.5. The van der Waals surface area contributed by atoms with Crippen molar-refractivity contribution in [3.63, 3.8) is 0 Å². The molecule has 0 saturated carbocycles. The van der Waals surface area contributed by atoms with Gasteiger partial charge in [-0.3, -0.25) is 9.78 Å². The standard InChI is InChI=1S/C18H13Cl2F3N2O8S2/c1-8(2)10-3-9(33-35(30,31)18(21,22)23)4-13-14(10)16(26)25(34(13,28)29)7-32-17(27)15-11(19)5-24-6-12(15)20/h3-6,8H,7H2,1-2H3. The summed E-state index contributed by atoms with van der Waals surface area (Å²) >= 11 is 11.7. The van der Waals surface area contributed by atoms with Crippen LogP contribution in [0.15, 0.2) is 29.4 Å². The number of sulfonamides is 1. The normalized spacial score (nSPS) is 15.3. The molecule has 0 aliphatic carbocycles. The van der Waals surface area contributed by atoms with Crippen molar-refractivity contribution >= 4 is 55.2 Å². The number of hydrogen-bond acceptors (Lipinski definition) is 9. The lowest BCUT2D eigenvalue weighted by atomic mass is 9.96. The molecule has 0 bridgehead atoms. The Bertz CT molecular complexity index is 1420. The Morgan fingerprint density at radius 3 is 2.26 bits per heavy atom. The van der Waals surface area contributed by atoms with Crippen LogP contribution >= 0.6 is 23.2 Å². The zero-order valence-corrected chi connectivity index (χ0v) is 20.6. The summed E-state index contributed by atoms with van der Waals surface area (Å²) < 4.78 is 96.1. The van der Waals surface area contributed by atoms with E-state index in [1.807, 2.05) is 0 Å². The molecule has 0 fully saturated rings. The van der Waals surface area contributed by atoms with E-state index in [2.05, 4.69) is 9.17 Å². The number of nitrogens with zero attached hydrogens (tertiary/aromatic N) is 2. The lowest BCUT2D eigenvalue weighted by Crippen LogP contribution is -2.33. The summed E-state index contributed by atoms with van der Waals surface area (Å²) in [4.78, 5) is 28.1. The fourth-order valence-electron chi connectivity index (χ4n) is 3.00. The van der Waals surface area contributed by atoms with Crippen LogP contribution < -0.4 is 4.18 Å². The average Bonchev–Trinajstić information content (AvgIpc) is 2.90. The second kappa shape index (κ2) is 9.11. The van der Waals surface area contributed by atoms with Gasteiger partial charge in [0.15, 0.2) is 6.73 Å². The first-order valence-corrected chi connectivity index (χ1v) is 12.8. The summed E-state index contributed by atoms with van der Waals surface area (Å²) in [5, 5.41) is -0.424. The van der Waals surface area contributed by atoms with Gasteiger partial charge in [-0.1, -0.05) is 37.0 Å². The molecule has 17 heteroatoms. The maximum atomic E-state index is 13.0. The number of aromatic nitrogens is 1. The van der Waals surface area contributed by atoms with E-state index < -0.39 is 66.4 Å². The Balaban J connectivity index is 2.00. The number of amides is 1. The third kappa shape index (κ3) is 4.90. The number of esters is 1. The van der Waals surface area contributed by atoms with E-state index in [0.717, 1.165) is 18.5 Å². The highest BCUT2D eigenvalue weighted by molar-refractivity contribution is 7.90. The third-order valence-electron chi connectivity index (χ3n) is 4.60. The molecular formula is C18H13Cl2F3N2O8S2. The third-order valence-corrected chi connectivity index (χ3v) is 7.88. The van der Waals surface area contributed by atoms with Crippen LogP contribution in [0.5, 0.6) is 5.75 Å². The lowest BCUT2D eigenvalue weighted by molar-refractivity contribution is -0.0500. The minimum atomic E-state index is -6.13. The molecule has 3 rings (SSSR count). The molecule has 1 aromatic carbocycles. The predicted molar refractivity (Wildman–Crippen MR) is 114 cm³/mol. The molecule has 190 valence electrons. The van der Waals surface area contributed by atoms with E-state index >= 15 is 0 Å². The van der Waals surface area contributed by atoms with Crippen LogP contribution in [-0.4, -0.2) is 50.2 Å². The van der Waals surface area contributed by atoms with E-state index in [1.54, 1.807) is 0 Å². The van der Waals surface area contributed by atoms with Crippen molar-refractivity contribution in [3.8, 4) is 5.75 Å². The monoisotopic (exact) mass is 576 g/mol. The number of rotatable bonds is 6. The Kier molecular flexibility index (Phi) is 7.02. The molecule has 0 atom stereocenters. The molecule has 0 radical (unpaired) electrons. The van der Waals surface area contributed by atoms with Crippen molar-refractivity contribution in [1.29, 1.82) is 0 Å². The smallest absolute Gasteiger partial charge is 0.439 e. The first kappa shape index (κ1) is 27.0. The van der Waals surface area contributed by atoms with E-state index in [9.17, 15) is 39.6 Å². The van der Waals surface area contributed by atoms with Crippen molar-refractivity contribution < 1.29 is 48.5 Å². The van der Waals surface area contributed by atoms with Gasteiger partial charge in [-0.25, -0.2) is 13.2 Å². The number of pyridine rings is 1. The predicted octanol–water partition coefficient (Wildman–Crippen LogP) is 3.70. The highest BCUT2D eigenvalue weighted by atomic mass is 35.5. The number of carbonyl (C=O) groups is 2. The first-order chi connectivity index (χ1) is 16.0. The van der Waals surface area contributed by atoms with Crippen molar-refractivity contribution in [2.75, 3.05) is 6.73 Å². The molecule has 1 aliphatic heterocycles. The summed E-state index contributed by atoms with van der Waals surface area (Å²) in [6.07, 6.45) is 2.14. The zero-order chi connectivity index (χ0) is 26.5. The molecule has 0 spiro atoms. The molecule has 35 heavy (non-hydrogen) atoms. The molecule has 1 amide bonds. The van der Waals surface area contributed by atoms with E-state index in [4.69, 9.17) is 27.9 Å². The van der Waals surface area contributed by atoms with Crippen LogP contribution in [0.3, 0.4) is 0 Å². The summed E-state index contributed by atoms with van der Waals surface area (Å²) in [5.74, 6) is -3.98. The SMILES string of the molecule is CC(C)c1cc(OS(=O)(=O)C(F)(F)F)cc2c1C(=O)N(COC(=O)c1c(Cl)cncc1Cl)S2(=O)=O. The van der Waals surface area contributed by atoms with E-state index in [-0.39, 0.29) is 25.5 Å². The van der Waals surface area contributed by atoms with Gasteiger partial charge in [0.2, 0.25) is 0 Å². The molecule has 1 aromatic heterocycles. The van der Waals surface area contributed by atoms with Crippen LogP contribution in [0, 0.1) is 0 Å². The summed E-state index contributed by atoms with van der Waals surface area (Å²) in [7, 11) is -10.9. The molecule has 1 aliphatic rings. The number of fused-ring (bicyclic) bond motifs is 1. The Morgan fingerprint density at radius 2 is 1.74 bits per heavy atom. The quantitative estimate of drug-likeness (QED) is 0.286. The number of ether oxygens (including phenoxy) is 1. The van der Waals surface area contributed by atoms with Gasteiger partial charge in [-0.2, -0.15) is 25.9 Å². The molecule has 2 aromatic rings. The van der Waals surface area contributed by atoms with Crippen molar-refractivity contribution in [1.82, 2.24) is 9.29 Å². The fraction of sp³-hybridized carbons (Fsp3) is 0.278. The van der Waals surface area contributed by atoms with Gasteiger partial charge >= 0.3 is 21.6 Å². The maximum Gasteiger partial charge on any atom is 0.534 e. The molecular weight excluding hydrogens is 564 g/mol. The Hall–Kier alpha value is -2.62. The van der Waals surface area contributed by atoms with Gasteiger partial charge in [0.05, 0.1) is 15.6 Å². The van der Waals surface area contributed by atoms with Crippen LogP contribution in [0.4, 0.5) is 13.2 Å². The highest BCUT2D eigenvalue weighted by Gasteiger charge is 2.50. The summed E-state index contributed by atoms with van der Waals surface area (Å²) in [5.41, 5.74) is -6.68. The van der Waals surface area contributed by atoms with Crippen molar-refractivity contribution in [2.45, 2.75) is 30.2 Å². The lowest BCUT2D eigenvalue weighted by Gasteiger charge is -2.15. The van der Waals surface area contributed by atoms with Crippen molar-refractivity contribution in [2.24, 2.45) is 0 Å². The molecule has 10 nitrogen and oxygen atoms in total. The topological polar surface area (TPSA) is 137 Å². The van der Waals surface area contributed by atoms with Gasteiger partial charge in [0.25, 0.3) is 15.9 Å². The Morgan fingerprint density at radius 1 is 1.17 bits per heavy atom. The second-order valence-corrected chi connectivity index (χ2v) is 11.4. The second-order valence-electron chi connectivity index (χ2n) is 7.22. The average molecular weight is 577 g/mol. The minimum absolute atomic E-state index is 0.113. The van der Waals surface area contributed by atoms with Crippen LogP contribution in [0.2, 0.25) is 10.0 Å². The summed E-state index contributed by atoms with van der Waals surface area (Å²) in [6, 6.07) is 1.28. The van der Waals surface area contributed by atoms with Gasteiger partial charge < -0.3 is 8.92 Å². The van der Waals surface area contributed by atoms with E-state index in [0.29, 0.717) is 6.07 Å². The maximum absolute atomic E-state index is 13.0. The van der Waals surface area contributed by atoms with E-state index in [1.165, 1.54) is 13.8 Å². The Labute approximate surface area is 206 Å². The fourth-order valence-corrected chi connectivity index (χ4v) is 5.43. The number of benzene rings is 1. The molecule has 0 saturated heterocycles. The van der Waals surface area contributed by atoms with Crippen LogP contribution in [0.25, 0.3) is 0 Å². The number of alkyl halides is 3. The largest absolute Gasteiger partial charge is 0.534 e. The highest BCUT2D eigenvalue weighted by Crippen LogP contribution is 2.40. The minimum Gasteiger partial charge on any atom is -0.439 e. The first-order valence-electron chi connectivity index (χ1n) is 9.21.